The van der Waals surface area contributed by atoms with Crippen molar-refractivity contribution in [1.82, 2.24) is 5.48 Å². The Morgan fingerprint density at radius 2 is 2.36 bits per heavy atom. The zero-order chi connectivity index (χ0) is 10.4. The van der Waals surface area contributed by atoms with Crippen LogP contribution in [0.25, 0.3) is 0 Å². The molecule has 0 unspecified atom stereocenters. The van der Waals surface area contributed by atoms with Crippen molar-refractivity contribution in [1.29, 1.82) is 0 Å². The average molecular weight is 213 g/mol. The largest absolute Gasteiger partial charge is 0.276 e. The lowest BCUT2D eigenvalue weighted by Crippen LogP contribution is -2.10. The van der Waals surface area contributed by atoms with Gasteiger partial charge in [-0.2, -0.15) is 0 Å². The normalized spacial score (nSPS) is 10.8. The predicted molar refractivity (Wildman–Crippen MR) is 59.1 cm³/mol. The van der Waals surface area contributed by atoms with Crippen molar-refractivity contribution in [2.75, 3.05) is 6.61 Å². The molecule has 0 saturated heterocycles. The van der Waals surface area contributed by atoms with E-state index in [0.717, 1.165) is 16.3 Å². The summed E-state index contributed by atoms with van der Waals surface area (Å²) >= 11 is 5.81. The molecule has 0 atom stereocenters. The molecule has 0 fully saturated rings. The molecule has 3 nitrogen and oxygen atoms in total. The Morgan fingerprint density at radius 3 is 3.00 bits per heavy atom. The van der Waals surface area contributed by atoms with Crippen molar-refractivity contribution in [2.24, 2.45) is 4.99 Å². The van der Waals surface area contributed by atoms with E-state index < -0.39 is 0 Å². The molecular formula is C10H13ClN2O. The van der Waals surface area contributed by atoms with Gasteiger partial charge in [-0.25, -0.2) is 4.99 Å². The molecule has 0 aliphatic carbocycles. The van der Waals surface area contributed by atoms with E-state index in [2.05, 4.69) is 10.5 Å². The number of aryl methyl sites for hydroxylation is 1. The minimum Gasteiger partial charge on any atom is -0.276 e. The van der Waals surface area contributed by atoms with Crippen LogP contribution in [-0.2, 0) is 4.84 Å². The van der Waals surface area contributed by atoms with Gasteiger partial charge < -0.3 is 0 Å². The molecule has 0 spiro atoms. The average Bonchev–Trinajstić information content (AvgIpc) is 2.15. The van der Waals surface area contributed by atoms with Gasteiger partial charge in [0.05, 0.1) is 12.3 Å². The standard InChI is InChI=1S/C10H13ClN2O/c1-3-14-13-7-12-10-5-4-9(11)6-8(10)2/h4-7H,3H2,1-2H3,(H,12,13). The van der Waals surface area contributed by atoms with E-state index in [1.54, 1.807) is 0 Å². The van der Waals surface area contributed by atoms with Gasteiger partial charge in [0.15, 0.2) is 0 Å². The lowest BCUT2D eigenvalue weighted by Gasteiger charge is -2.00. The number of hydroxylamine groups is 1. The van der Waals surface area contributed by atoms with Crippen LogP contribution in [0, 0.1) is 6.92 Å². The summed E-state index contributed by atoms with van der Waals surface area (Å²) in [5.41, 5.74) is 4.51. The second-order valence-corrected chi connectivity index (χ2v) is 3.18. The minimum atomic E-state index is 0.603. The highest BCUT2D eigenvalue weighted by Gasteiger charge is 1.95. The second-order valence-electron chi connectivity index (χ2n) is 2.74. The summed E-state index contributed by atoms with van der Waals surface area (Å²) in [4.78, 5) is 9.06. The Hall–Kier alpha value is -1.06. The van der Waals surface area contributed by atoms with E-state index >= 15 is 0 Å². The number of aliphatic imine (C=N–C) groups is 1. The third kappa shape index (κ3) is 3.36. The van der Waals surface area contributed by atoms with E-state index in [-0.39, 0.29) is 0 Å². The van der Waals surface area contributed by atoms with Crippen molar-refractivity contribution >= 4 is 23.6 Å². The van der Waals surface area contributed by atoms with Gasteiger partial charge in [-0.05, 0) is 37.6 Å². The van der Waals surface area contributed by atoms with Crippen molar-refractivity contribution in [2.45, 2.75) is 13.8 Å². The molecule has 0 aliphatic rings. The lowest BCUT2D eigenvalue weighted by molar-refractivity contribution is 0.100. The molecule has 0 heterocycles. The topological polar surface area (TPSA) is 33.6 Å². The predicted octanol–water partition coefficient (Wildman–Crippen LogP) is 2.85. The number of halogens is 1. The maximum absolute atomic E-state index is 5.81. The highest BCUT2D eigenvalue weighted by Crippen LogP contribution is 2.21. The Balaban J connectivity index is 2.62. The first-order valence-electron chi connectivity index (χ1n) is 4.40. The highest BCUT2D eigenvalue weighted by atomic mass is 35.5. The minimum absolute atomic E-state index is 0.603. The van der Waals surface area contributed by atoms with Gasteiger partial charge in [0.1, 0.15) is 6.34 Å². The highest BCUT2D eigenvalue weighted by molar-refractivity contribution is 6.30. The van der Waals surface area contributed by atoms with Crippen LogP contribution in [0.2, 0.25) is 5.02 Å². The van der Waals surface area contributed by atoms with Gasteiger partial charge in [-0.1, -0.05) is 11.6 Å². The summed E-state index contributed by atoms with van der Waals surface area (Å²) in [7, 11) is 0. The fraction of sp³-hybridized carbons (Fsp3) is 0.300. The van der Waals surface area contributed by atoms with Gasteiger partial charge in [0.25, 0.3) is 0 Å². The maximum atomic E-state index is 5.81. The van der Waals surface area contributed by atoms with Gasteiger partial charge >= 0.3 is 0 Å². The smallest absolute Gasteiger partial charge is 0.113 e. The van der Waals surface area contributed by atoms with Crippen LogP contribution in [0.3, 0.4) is 0 Å². The molecule has 1 N–H and O–H groups in total. The van der Waals surface area contributed by atoms with Crippen LogP contribution < -0.4 is 5.48 Å². The van der Waals surface area contributed by atoms with Gasteiger partial charge in [0.2, 0.25) is 0 Å². The fourth-order valence-electron chi connectivity index (χ4n) is 0.980. The Bertz CT molecular complexity index is 326. The van der Waals surface area contributed by atoms with Crippen LogP contribution in [0.5, 0.6) is 0 Å². The molecule has 1 rings (SSSR count). The quantitative estimate of drug-likeness (QED) is 0.360. The van der Waals surface area contributed by atoms with E-state index in [0.29, 0.717) is 6.61 Å². The number of rotatable bonds is 4. The van der Waals surface area contributed by atoms with E-state index in [1.165, 1.54) is 6.34 Å². The fourth-order valence-corrected chi connectivity index (χ4v) is 1.21. The van der Waals surface area contributed by atoms with Crippen molar-refractivity contribution in [3.63, 3.8) is 0 Å². The molecule has 0 aromatic heterocycles. The van der Waals surface area contributed by atoms with Gasteiger partial charge in [-0.3, -0.25) is 10.3 Å². The summed E-state index contributed by atoms with van der Waals surface area (Å²) in [6.07, 6.45) is 1.51. The van der Waals surface area contributed by atoms with Crippen molar-refractivity contribution in [3.05, 3.63) is 28.8 Å². The summed E-state index contributed by atoms with van der Waals surface area (Å²) < 4.78 is 0. The molecule has 0 radical (unpaired) electrons. The summed E-state index contributed by atoms with van der Waals surface area (Å²) in [6.45, 7) is 4.46. The molecule has 0 bridgehead atoms. The zero-order valence-corrected chi connectivity index (χ0v) is 9.01. The van der Waals surface area contributed by atoms with Crippen LogP contribution in [0.4, 0.5) is 5.69 Å². The Labute approximate surface area is 88.7 Å². The first kappa shape index (κ1) is 11.0. The van der Waals surface area contributed by atoms with E-state index in [4.69, 9.17) is 16.4 Å². The molecule has 1 aromatic carbocycles. The molecule has 1 aromatic rings. The maximum Gasteiger partial charge on any atom is 0.113 e. The molecule has 4 heteroatoms. The molecule has 0 aliphatic heterocycles. The first-order valence-corrected chi connectivity index (χ1v) is 4.78. The van der Waals surface area contributed by atoms with E-state index in [1.807, 2.05) is 32.0 Å². The summed E-state index contributed by atoms with van der Waals surface area (Å²) in [6, 6.07) is 5.54. The number of hydrogen-bond acceptors (Lipinski definition) is 2. The van der Waals surface area contributed by atoms with Crippen molar-refractivity contribution in [3.8, 4) is 0 Å². The Kier molecular flexibility index (Phi) is 4.43. The Morgan fingerprint density at radius 1 is 1.57 bits per heavy atom. The van der Waals surface area contributed by atoms with Crippen LogP contribution in [0.15, 0.2) is 23.2 Å². The molecule has 76 valence electrons. The summed E-state index contributed by atoms with van der Waals surface area (Å²) in [5, 5.41) is 0.721. The number of nitrogens with zero attached hydrogens (tertiary/aromatic N) is 1. The first-order chi connectivity index (χ1) is 6.74. The third-order valence-corrected chi connectivity index (χ3v) is 1.88. The molecule has 0 amide bonds. The van der Waals surface area contributed by atoms with Gasteiger partial charge in [0, 0.05) is 5.02 Å². The number of benzene rings is 1. The number of nitrogens with one attached hydrogen (secondary N) is 1. The van der Waals surface area contributed by atoms with Crippen molar-refractivity contribution < 1.29 is 4.84 Å². The second kappa shape index (κ2) is 5.62. The molecule has 0 saturated carbocycles. The zero-order valence-electron chi connectivity index (χ0n) is 8.25. The number of hydrogen-bond donors (Lipinski definition) is 1. The van der Waals surface area contributed by atoms with Gasteiger partial charge in [-0.15, -0.1) is 0 Å². The third-order valence-electron chi connectivity index (χ3n) is 1.64. The molecule has 14 heavy (non-hydrogen) atoms. The SMILES string of the molecule is CCONC=Nc1ccc(Cl)cc1C. The summed E-state index contributed by atoms with van der Waals surface area (Å²) in [5.74, 6) is 0. The van der Waals surface area contributed by atoms with E-state index in [9.17, 15) is 0 Å². The van der Waals surface area contributed by atoms with Crippen LogP contribution in [0.1, 0.15) is 12.5 Å². The lowest BCUT2D eigenvalue weighted by atomic mass is 10.2. The molecular weight excluding hydrogens is 200 g/mol. The van der Waals surface area contributed by atoms with Crippen LogP contribution >= 0.6 is 11.6 Å². The van der Waals surface area contributed by atoms with Crippen LogP contribution in [-0.4, -0.2) is 12.9 Å². The monoisotopic (exact) mass is 212 g/mol.